The minimum absolute atomic E-state index is 0.117. The summed E-state index contributed by atoms with van der Waals surface area (Å²) in [6, 6.07) is 22.1. The van der Waals surface area contributed by atoms with Gasteiger partial charge in [-0.25, -0.2) is 4.68 Å². The molecule has 5 rings (SSSR count). The molecule has 0 atom stereocenters. The SMILES string of the molecule is O=C(CSc1nnc(NC2CC2)s1)Nc1cc(-c2ccccc2)nn1-c1ccccc1. The monoisotopic (exact) mass is 448 g/mol. The molecule has 0 aliphatic heterocycles. The van der Waals surface area contributed by atoms with Crippen molar-refractivity contribution in [1.29, 1.82) is 0 Å². The quantitative estimate of drug-likeness (QED) is 0.380. The van der Waals surface area contributed by atoms with Crippen LogP contribution in [0.2, 0.25) is 0 Å². The molecular weight excluding hydrogens is 428 g/mol. The second-order valence-electron chi connectivity index (χ2n) is 7.16. The Kier molecular flexibility index (Phi) is 5.68. The number of anilines is 2. The van der Waals surface area contributed by atoms with Gasteiger partial charge in [-0.1, -0.05) is 71.6 Å². The first kappa shape index (κ1) is 19.8. The average Bonchev–Trinajstić information content (AvgIpc) is 3.34. The number of benzene rings is 2. The number of nitrogens with zero attached hydrogens (tertiary/aromatic N) is 4. The van der Waals surface area contributed by atoms with Gasteiger partial charge in [0.2, 0.25) is 11.0 Å². The van der Waals surface area contributed by atoms with Gasteiger partial charge in [0.25, 0.3) is 0 Å². The number of para-hydroxylation sites is 1. The number of hydrogen-bond acceptors (Lipinski definition) is 7. The van der Waals surface area contributed by atoms with E-state index in [1.807, 2.05) is 66.7 Å². The molecular formula is C22H20N6OS2. The summed E-state index contributed by atoms with van der Waals surface area (Å²) in [5.74, 6) is 0.760. The summed E-state index contributed by atoms with van der Waals surface area (Å²) in [5, 5.41) is 20.2. The fourth-order valence-electron chi connectivity index (χ4n) is 3.02. The van der Waals surface area contributed by atoms with Gasteiger partial charge in [0.1, 0.15) is 5.82 Å². The van der Waals surface area contributed by atoms with E-state index in [0.717, 1.165) is 26.4 Å². The molecule has 9 heteroatoms. The van der Waals surface area contributed by atoms with Gasteiger partial charge in [0.15, 0.2) is 4.34 Å². The van der Waals surface area contributed by atoms with Gasteiger partial charge in [0, 0.05) is 17.7 Å². The fourth-order valence-corrected chi connectivity index (χ4v) is 4.65. The molecule has 0 saturated heterocycles. The second kappa shape index (κ2) is 8.91. The van der Waals surface area contributed by atoms with Crippen LogP contribution in [0.25, 0.3) is 16.9 Å². The standard InChI is InChI=1S/C22H20N6OS2/c29-20(14-30-22-26-25-21(31-22)23-16-11-12-16)24-19-13-18(15-7-3-1-4-8-15)27-28(19)17-9-5-2-6-10-17/h1-10,13,16H,11-12,14H2,(H,23,25)(H,24,29). The number of nitrogens with one attached hydrogen (secondary N) is 2. The zero-order valence-electron chi connectivity index (χ0n) is 16.6. The maximum Gasteiger partial charge on any atom is 0.235 e. The Bertz CT molecular complexity index is 1170. The lowest BCUT2D eigenvalue weighted by Gasteiger charge is -2.08. The highest BCUT2D eigenvalue weighted by Gasteiger charge is 2.22. The molecule has 0 radical (unpaired) electrons. The molecule has 1 fully saturated rings. The Morgan fingerprint density at radius 3 is 2.55 bits per heavy atom. The van der Waals surface area contributed by atoms with Crippen LogP contribution in [-0.4, -0.2) is 37.7 Å². The molecule has 2 aromatic heterocycles. The number of rotatable bonds is 8. The van der Waals surface area contributed by atoms with Crippen molar-refractivity contribution in [3.05, 3.63) is 66.7 Å². The normalized spacial score (nSPS) is 13.2. The van der Waals surface area contributed by atoms with E-state index in [-0.39, 0.29) is 11.7 Å². The first-order valence-electron chi connectivity index (χ1n) is 9.98. The van der Waals surface area contributed by atoms with Gasteiger partial charge >= 0.3 is 0 Å². The third-order valence-corrected chi connectivity index (χ3v) is 6.67. The Morgan fingerprint density at radius 1 is 1.06 bits per heavy atom. The Hall–Kier alpha value is -3.17. The highest BCUT2D eigenvalue weighted by molar-refractivity contribution is 8.01. The van der Waals surface area contributed by atoms with E-state index in [0.29, 0.717) is 11.9 Å². The predicted octanol–water partition coefficient (Wildman–Crippen LogP) is 4.70. The first-order chi connectivity index (χ1) is 15.2. The van der Waals surface area contributed by atoms with E-state index in [2.05, 4.69) is 20.8 Å². The number of carbonyl (C=O) groups excluding carboxylic acids is 1. The van der Waals surface area contributed by atoms with E-state index in [9.17, 15) is 4.79 Å². The smallest absolute Gasteiger partial charge is 0.235 e. The number of aromatic nitrogens is 4. The van der Waals surface area contributed by atoms with Crippen molar-refractivity contribution >= 4 is 40.0 Å². The van der Waals surface area contributed by atoms with Gasteiger partial charge in [-0.05, 0) is 25.0 Å². The molecule has 0 unspecified atom stereocenters. The molecule has 1 aliphatic carbocycles. The van der Waals surface area contributed by atoms with Crippen molar-refractivity contribution in [2.45, 2.75) is 23.2 Å². The minimum Gasteiger partial charge on any atom is -0.357 e. The molecule has 0 spiro atoms. The molecule has 2 aromatic carbocycles. The fraction of sp³-hybridized carbons (Fsp3) is 0.182. The zero-order chi connectivity index (χ0) is 21.0. The zero-order valence-corrected chi connectivity index (χ0v) is 18.2. The van der Waals surface area contributed by atoms with Gasteiger partial charge < -0.3 is 10.6 Å². The highest BCUT2D eigenvalue weighted by atomic mass is 32.2. The second-order valence-corrected chi connectivity index (χ2v) is 9.36. The number of hydrogen-bond donors (Lipinski definition) is 2. The highest BCUT2D eigenvalue weighted by Crippen LogP contribution is 2.30. The average molecular weight is 449 g/mol. The molecule has 1 amide bonds. The molecule has 4 aromatic rings. The van der Waals surface area contributed by atoms with Crippen molar-refractivity contribution in [1.82, 2.24) is 20.0 Å². The van der Waals surface area contributed by atoms with Crippen LogP contribution in [-0.2, 0) is 4.79 Å². The minimum atomic E-state index is -0.117. The van der Waals surface area contributed by atoms with Crippen LogP contribution in [0.15, 0.2) is 71.1 Å². The topological polar surface area (TPSA) is 84.7 Å². The van der Waals surface area contributed by atoms with Gasteiger partial charge in [0.05, 0.1) is 17.1 Å². The Labute approximate surface area is 187 Å². The third-order valence-electron chi connectivity index (χ3n) is 4.69. The lowest BCUT2D eigenvalue weighted by Crippen LogP contribution is -2.16. The van der Waals surface area contributed by atoms with Crippen LogP contribution in [0.4, 0.5) is 10.9 Å². The third kappa shape index (κ3) is 4.95. The molecule has 2 N–H and O–H groups in total. The molecule has 7 nitrogen and oxygen atoms in total. The van der Waals surface area contributed by atoms with Crippen LogP contribution >= 0.6 is 23.1 Å². The van der Waals surface area contributed by atoms with E-state index >= 15 is 0 Å². The van der Waals surface area contributed by atoms with Crippen molar-refractivity contribution < 1.29 is 4.79 Å². The molecule has 2 heterocycles. The first-order valence-corrected chi connectivity index (χ1v) is 11.8. The van der Waals surface area contributed by atoms with Crippen LogP contribution in [0.5, 0.6) is 0 Å². The van der Waals surface area contributed by atoms with Crippen LogP contribution in [0, 0.1) is 0 Å². The maximum absolute atomic E-state index is 12.7. The van der Waals surface area contributed by atoms with Crippen molar-refractivity contribution in [3.63, 3.8) is 0 Å². The summed E-state index contributed by atoms with van der Waals surface area (Å²) in [7, 11) is 0. The molecule has 31 heavy (non-hydrogen) atoms. The molecule has 156 valence electrons. The Morgan fingerprint density at radius 2 is 1.81 bits per heavy atom. The summed E-state index contributed by atoms with van der Waals surface area (Å²) < 4.78 is 2.54. The van der Waals surface area contributed by atoms with Crippen LogP contribution < -0.4 is 10.6 Å². The summed E-state index contributed by atoms with van der Waals surface area (Å²) in [4.78, 5) is 12.7. The van der Waals surface area contributed by atoms with Crippen LogP contribution in [0.3, 0.4) is 0 Å². The van der Waals surface area contributed by atoms with E-state index in [4.69, 9.17) is 5.10 Å². The number of thioether (sulfide) groups is 1. The van der Waals surface area contributed by atoms with E-state index in [1.165, 1.54) is 35.9 Å². The van der Waals surface area contributed by atoms with E-state index in [1.54, 1.807) is 4.68 Å². The number of amides is 1. The summed E-state index contributed by atoms with van der Waals surface area (Å²) in [6.45, 7) is 0. The van der Waals surface area contributed by atoms with E-state index < -0.39 is 0 Å². The van der Waals surface area contributed by atoms with Gasteiger partial charge in [-0.3, -0.25) is 4.79 Å². The summed E-state index contributed by atoms with van der Waals surface area (Å²) >= 11 is 2.87. The summed E-state index contributed by atoms with van der Waals surface area (Å²) in [6.07, 6.45) is 2.37. The number of carbonyl (C=O) groups is 1. The molecule has 1 aliphatic rings. The molecule has 1 saturated carbocycles. The lowest BCUT2D eigenvalue weighted by molar-refractivity contribution is -0.113. The van der Waals surface area contributed by atoms with Crippen molar-refractivity contribution in [2.75, 3.05) is 16.4 Å². The predicted molar refractivity (Wildman–Crippen MR) is 125 cm³/mol. The largest absolute Gasteiger partial charge is 0.357 e. The Balaban J connectivity index is 1.30. The lowest BCUT2D eigenvalue weighted by atomic mass is 10.2. The van der Waals surface area contributed by atoms with Crippen molar-refractivity contribution in [2.24, 2.45) is 0 Å². The maximum atomic E-state index is 12.7. The van der Waals surface area contributed by atoms with Crippen LogP contribution in [0.1, 0.15) is 12.8 Å². The van der Waals surface area contributed by atoms with Gasteiger partial charge in [-0.15, -0.1) is 10.2 Å². The van der Waals surface area contributed by atoms with Gasteiger partial charge in [-0.2, -0.15) is 5.10 Å². The van der Waals surface area contributed by atoms with Crippen molar-refractivity contribution in [3.8, 4) is 16.9 Å². The summed E-state index contributed by atoms with van der Waals surface area (Å²) in [5.41, 5.74) is 2.67. The molecule has 0 bridgehead atoms.